The highest BCUT2D eigenvalue weighted by Gasteiger charge is 2.33. The number of amides is 1. The Hall–Kier alpha value is -2.07. The van der Waals surface area contributed by atoms with Gasteiger partial charge in [-0.2, -0.15) is 0 Å². The highest BCUT2D eigenvalue weighted by atomic mass is 16.1. The Morgan fingerprint density at radius 1 is 1.04 bits per heavy atom. The van der Waals surface area contributed by atoms with E-state index in [2.05, 4.69) is 41.0 Å². The predicted octanol–water partition coefficient (Wildman–Crippen LogP) is 3.79. The number of carbonyl (C=O) groups excluding carboxylic acids is 1. The van der Waals surface area contributed by atoms with E-state index >= 15 is 0 Å². The molecule has 1 N–H and O–H groups in total. The van der Waals surface area contributed by atoms with Crippen molar-refractivity contribution in [1.82, 2.24) is 14.8 Å². The first-order chi connectivity index (χ1) is 12.6. The molecular formula is C22H31N3O. The van der Waals surface area contributed by atoms with E-state index in [0.717, 1.165) is 17.8 Å². The van der Waals surface area contributed by atoms with Crippen LogP contribution in [0, 0.1) is 0 Å². The molecule has 1 heterocycles. The van der Waals surface area contributed by atoms with Crippen LogP contribution in [-0.2, 0) is 11.2 Å². The first kappa shape index (κ1) is 18.7. The van der Waals surface area contributed by atoms with Gasteiger partial charge in [-0.15, -0.1) is 0 Å². The standard InChI is InChI=1S/C22H31N3O/c1-24(2)22(13-5-3-4-6-14-22)18-23-21(26)17-19-9-11-20(12-10-19)25-15-7-8-16-25/h7-12,15-16H,3-6,13-14,17-18H2,1-2H3,(H,23,26). The van der Waals surface area contributed by atoms with Crippen LogP contribution in [0.5, 0.6) is 0 Å². The predicted molar refractivity (Wildman–Crippen MR) is 107 cm³/mol. The second-order valence-electron chi connectivity index (χ2n) is 7.74. The lowest BCUT2D eigenvalue weighted by molar-refractivity contribution is -0.121. The van der Waals surface area contributed by atoms with E-state index in [0.29, 0.717) is 6.42 Å². The number of hydrogen-bond donors (Lipinski definition) is 1. The summed E-state index contributed by atoms with van der Waals surface area (Å²) in [4.78, 5) is 14.8. The molecule has 0 unspecified atom stereocenters. The molecule has 1 aliphatic carbocycles. The van der Waals surface area contributed by atoms with E-state index in [4.69, 9.17) is 0 Å². The molecule has 1 amide bonds. The summed E-state index contributed by atoms with van der Waals surface area (Å²) < 4.78 is 2.07. The van der Waals surface area contributed by atoms with Gasteiger partial charge in [0.05, 0.1) is 6.42 Å². The van der Waals surface area contributed by atoms with Crippen molar-refractivity contribution in [2.45, 2.75) is 50.5 Å². The van der Waals surface area contributed by atoms with Gasteiger partial charge < -0.3 is 14.8 Å². The average molecular weight is 354 g/mol. The van der Waals surface area contributed by atoms with Crippen molar-refractivity contribution in [2.75, 3.05) is 20.6 Å². The molecule has 4 heteroatoms. The van der Waals surface area contributed by atoms with E-state index in [9.17, 15) is 4.79 Å². The normalized spacial score (nSPS) is 17.0. The minimum Gasteiger partial charge on any atom is -0.354 e. The lowest BCUT2D eigenvalue weighted by atomic mass is 9.88. The highest BCUT2D eigenvalue weighted by molar-refractivity contribution is 5.78. The Bertz CT molecular complexity index is 681. The molecule has 0 aliphatic heterocycles. The SMILES string of the molecule is CN(C)C1(CNC(=O)Cc2ccc(-n3cccc3)cc2)CCCCCC1. The molecule has 1 fully saturated rings. The zero-order chi connectivity index (χ0) is 18.4. The maximum Gasteiger partial charge on any atom is 0.224 e. The van der Waals surface area contributed by atoms with Gasteiger partial charge in [-0.05, 0) is 56.8 Å². The average Bonchev–Trinajstić information content (AvgIpc) is 3.06. The number of rotatable bonds is 6. The number of benzene rings is 1. The van der Waals surface area contributed by atoms with Gasteiger partial charge in [0.1, 0.15) is 0 Å². The summed E-state index contributed by atoms with van der Waals surface area (Å²) in [5, 5.41) is 3.21. The molecule has 1 aromatic heterocycles. The van der Waals surface area contributed by atoms with Gasteiger partial charge in [0.15, 0.2) is 0 Å². The number of hydrogen-bond acceptors (Lipinski definition) is 2. The van der Waals surface area contributed by atoms with Crippen LogP contribution in [0.4, 0.5) is 0 Å². The number of aromatic nitrogens is 1. The molecule has 0 saturated heterocycles. The van der Waals surface area contributed by atoms with Crippen molar-refractivity contribution in [1.29, 1.82) is 0 Å². The quantitative estimate of drug-likeness (QED) is 0.802. The molecule has 140 valence electrons. The number of nitrogens with zero attached hydrogens (tertiary/aromatic N) is 2. The molecule has 1 saturated carbocycles. The zero-order valence-electron chi connectivity index (χ0n) is 16.1. The molecule has 26 heavy (non-hydrogen) atoms. The summed E-state index contributed by atoms with van der Waals surface area (Å²) in [6, 6.07) is 12.2. The topological polar surface area (TPSA) is 37.3 Å². The van der Waals surface area contributed by atoms with Crippen molar-refractivity contribution in [3.05, 3.63) is 54.4 Å². The highest BCUT2D eigenvalue weighted by Crippen LogP contribution is 2.30. The lowest BCUT2D eigenvalue weighted by Crippen LogP contribution is -2.52. The van der Waals surface area contributed by atoms with Gasteiger partial charge in [0.2, 0.25) is 5.91 Å². The Morgan fingerprint density at radius 3 is 2.23 bits per heavy atom. The molecule has 4 nitrogen and oxygen atoms in total. The summed E-state index contributed by atoms with van der Waals surface area (Å²) in [7, 11) is 4.30. The fourth-order valence-electron chi connectivity index (χ4n) is 3.97. The van der Waals surface area contributed by atoms with E-state index in [1.807, 2.05) is 36.7 Å². The lowest BCUT2D eigenvalue weighted by Gasteiger charge is -2.39. The molecular weight excluding hydrogens is 322 g/mol. The third kappa shape index (κ3) is 4.55. The smallest absolute Gasteiger partial charge is 0.224 e. The van der Waals surface area contributed by atoms with Crippen LogP contribution >= 0.6 is 0 Å². The summed E-state index contributed by atoms with van der Waals surface area (Å²) in [5.74, 6) is 0.115. The molecule has 2 aromatic rings. The Balaban J connectivity index is 1.56. The Kier molecular flexibility index (Phi) is 6.15. The Morgan fingerprint density at radius 2 is 1.65 bits per heavy atom. The van der Waals surface area contributed by atoms with Gasteiger partial charge in [0.25, 0.3) is 0 Å². The van der Waals surface area contributed by atoms with Crippen molar-refractivity contribution in [2.24, 2.45) is 0 Å². The molecule has 0 bridgehead atoms. The van der Waals surface area contributed by atoms with Gasteiger partial charge in [-0.1, -0.05) is 37.8 Å². The minimum absolute atomic E-state index is 0.115. The molecule has 0 atom stereocenters. The fraction of sp³-hybridized carbons (Fsp3) is 0.500. The van der Waals surface area contributed by atoms with Crippen LogP contribution in [0.3, 0.4) is 0 Å². The van der Waals surface area contributed by atoms with Crippen molar-refractivity contribution < 1.29 is 4.79 Å². The van der Waals surface area contributed by atoms with Crippen LogP contribution in [0.15, 0.2) is 48.8 Å². The second kappa shape index (κ2) is 8.54. The van der Waals surface area contributed by atoms with Crippen LogP contribution in [-0.4, -0.2) is 41.6 Å². The third-order valence-electron chi connectivity index (χ3n) is 5.80. The van der Waals surface area contributed by atoms with Crippen molar-refractivity contribution >= 4 is 5.91 Å². The fourth-order valence-corrected chi connectivity index (χ4v) is 3.97. The monoisotopic (exact) mass is 353 g/mol. The third-order valence-corrected chi connectivity index (χ3v) is 5.80. The largest absolute Gasteiger partial charge is 0.354 e. The summed E-state index contributed by atoms with van der Waals surface area (Å²) in [6.07, 6.45) is 12.0. The van der Waals surface area contributed by atoms with Crippen molar-refractivity contribution in [3.63, 3.8) is 0 Å². The van der Waals surface area contributed by atoms with Gasteiger partial charge in [-0.25, -0.2) is 0 Å². The second-order valence-corrected chi connectivity index (χ2v) is 7.74. The van der Waals surface area contributed by atoms with E-state index in [1.165, 1.54) is 38.5 Å². The van der Waals surface area contributed by atoms with Crippen molar-refractivity contribution in [3.8, 4) is 5.69 Å². The van der Waals surface area contributed by atoms with Crippen LogP contribution in [0.1, 0.15) is 44.1 Å². The van der Waals surface area contributed by atoms with Gasteiger partial charge in [0, 0.05) is 30.2 Å². The first-order valence-electron chi connectivity index (χ1n) is 9.75. The van der Waals surface area contributed by atoms with E-state index in [1.54, 1.807) is 0 Å². The molecule has 0 spiro atoms. The maximum atomic E-state index is 12.5. The molecule has 3 rings (SSSR count). The van der Waals surface area contributed by atoms with Crippen LogP contribution < -0.4 is 5.32 Å². The maximum absolute atomic E-state index is 12.5. The summed E-state index contributed by atoms with van der Waals surface area (Å²) in [6.45, 7) is 0.750. The first-order valence-corrected chi connectivity index (χ1v) is 9.75. The molecule has 0 radical (unpaired) electrons. The summed E-state index contributed by atoms with van der Waals surface area (Å²) in [5.41, 5.74) is 2.28. The number of likely N-dealkylation sites (N-methyl/N-ethyl adjacent to an activating group) is 1. The van der Waals surface area contributed by atoms with E-state index in [-0.39, 0.29) is 11.4 Å². The van der Waals surface area contributed by atoms with Crippen LogP contribution in [0.2, 0.25) is 0 Å². The number of nitrogens with one attached hydrogen (secondary N) is 1. The minimum atomic E-state index is 0.115. The zero-order valence-corrected chi connectivity index (χ0v) is 16.1. The summed E-state index contributed by atoms with van der Waals surface area (Å²) >= 11 is 0. The number of carbonyl (C=O) groups is 1. The molecule has 1 aliphatic rings. The Labute approximate surface area is 157 Å². The van der Waals surface area contributed by atoms with Crippen LogP contribution in [0.25, 0.3) is 5.69 Å². The van der Waals surface area contributed by atoms with Gasteiger partial charge >= 0.3 is 0 Å². The van der Waals surface area contributed by atoms with Gasteiger partial charge in [-0.3, -0.25) is 4.79 Å². The molecule has 1 aromatic carbocycles. The van der Waals surface area contributed by atoms with E-state index < -0.39 is 0 Å².